The third-order valence-electron chi connectivity index (χ3n) is 7.30. The lowest BCUT2D eigenvalue weighted by Gasteiger charge is -2.37. The molecule has 0 bridgehead atoms. The van der Waals surface area contributed by atoms with Crippen molar-refractivity contribution in [2.45, 2.75) is 88.5 Å². The minimum atomic E-state index is -4.93. The zero-order valence-electron chi connectivity index (χ0n) is 28.4. The fourth-order valence-corrected chi connectivity index (χ4v) is 6.86. The molecule has 1 amide bonds. The topological polar surface area (TPSA) is 143 Å². The second-order valence-electron chi connectivity index (χ2n) is 13.1. The molecule has 18 heteroatoms. The third-order valence-corrected chi connectivity index (χ3v) is 14.8. The van der Waals surface area contributed by atoms with Crippen LogP contribution in [0.1, 0.15) is 52.8 Å². The Morgan fingerprint density at radius 1 is 1.30 bits per heavy atom. The van der Waals surface area contributed by atoms with E-state index in [9.17, 15) is 22.8 Å². The number of nitrogens with one attached hydrogen (secondary N) is 1. The molecule has 47 heavy (non-hydrogen) atoms. The molecule has 3 N–H and O–H groups in total. The van der Waals surface area contributed by atoms with Gasteiger partial charge in [0.1, 0.15) is 24.9 Å². The minimum absolute atomic E-state index is 0.00310. The van der Waals surface area contributed by atoms with Crippen LogP contribution in [0.25, 0.3) is 0 Å². The monoisotopic (exact) mass is 724 g/mol. The predicted octanol–water partition coefficient (Wildman–Crippen LogP) is 4.24. The Kier molecular flexibility index (Phi) is 15.3. The van der Waals surface area contributed by atoms with E-state index in [2.05, 4.69) is 55.7 Å². The van der Waals surface area contributed by atoms with Crippen molar-refractivity contribution in [3.63, 3.8) is 0 Å². The summed E-state index contributed by atoms with van der Waals surface area (Å²) in [5.74, 6) is 4.20. The fourth-order valence-electron chi connectivity index (χ4n) is 3.72. The van der Waals surface area contributed by atoms with Gasteiger partial charge in [-0.05, 0) is 32.0 Å². The van der Waals surface area contributed by atoms with Gasteiger partial charge in [0.05, 0.1) is 31.3 Å². The smallest absolute Gasteiger partial charge is 0.414 e. The molecule has 0 aliphatic carbocycles. The largest absolute Gasteiger partial charge is 0.471 e. The van der Waals surface area contributed by atoms with E-state index in [1.54, 1.807) is 39.0 Å². The Hall–Kier alpha value is -2.11. The van der Waals surface area contributed by atoms with Gasteiger partial charge in [-0.25, -0.2) is 9.79 Å². The number of carbonyl (C=O) groups excluding carboxylic acids is 1. The highest BCUT2D eigenvalue weighted by atomic mass is 33.1. The van der Waals surface area contributed by atoms with Crippen LogP contribution in [0.15, 0.2) is 16.0 Å². The molecule has 1 aliphatic rings. The number of rotatable bonds is 15. The summed E-state index contributed by atoms with van der Waals surface area (Å²) in [4.78, 5) is 34.4. The number of amides is 1. The molecular weight excluding hydrogens is 678 g/mol. The van der Waals surface area contributed by atoms with Crippen LogP contribution in [-0.2, 0) is 23.4 Å². The second-order valence-corrected chi connectivity index (χ2v) is 20.9. The molecule has 2 rings (SSSR count). The first-order valence-electron chi connectivity index (χ1n) is 14.8. The van der Waals surface area contributed by atoms with Crippen LogP contribution in [0.5, 0.6) is 0 Å². The van der Waals surface area contributed by atoms with E-state index in [1.165, 1.54) is 32.5 Å². The third kappa shape index (κ3) is 13.4. The highest BCUT2D eigenvalue weighted by Gasteiger charge is 2.42. The summed E-state index contributed by atoms with van der Waals surface area (Å²) in [6.45, 7) is 14.3. The number of aliphatic imine (C=N–C) groups is 1. The summed E-state index contributed by atoms with van der Waals surface area (Å²) >= 11 is 0. The van der Waals surface area contributed by atoms with Crippen molar-refractivity contribution in [2.24, 2.45) is 10.7 Å². The number of hydrogen-bond donors (Lipinski definition) is 2. The van der Waals surface area contributed by atoms with Crippen LogP contribution in [0.4, 0.5) is 19.0 Å². The molecule has 3 atom stereocenters. The molecule has 2 heterocycles. The first-order chi connectivity index (χ1) is 21.7. The van der Waals surface area contributed by atoms with Crippen LogP contribution in [0, 0.1) is 11.8 Å². The van der Waals surface area contributed by atoms with Crippen LogP contribution < -0.4 is 16.7 Å². The van der Waals surface area contributed by atoms with E-state index in [0.717, 1.165) is 0 Å². The number of nitrogens with two attached hydrogens (primary N) is 1. The zero-order chi connectivity index (χ0) is 35.6. The lowest BCUT2D eigenvalue weighted by Crippen LogP contribution is -2.44. The van der Waals surface area contributed by atoms with Gasteiger partial charge in [0.25, 0.3) is 0 Å². The highest BCUT2D eigenvalue weighted by Crippen LogP contribution is 2.38. The molecule has 1 saturated heterocycles. The Bertz CT molecular complexity index is 1340. The minimum Gasteiger partial charge on any atom is -0.414 e. The summed E-state index contributed by atoms with van der Waals surface area (Å²) in [5, 5.41) is 1.89. The quantitative estimate of drug-likeness (QED) is 0.0510. The predicted molar refractivity (Wildman–Crippen MR) is 182 cm³/mol. The van der Waals surface area contributed by atoms with Gasteiger partial charge >= 0.3 is 17.8 Å². The molecule has 12 nitrogen and oxygen atoms in total. The number of carbonyl (C=O) groups is 1. The maximum atomic E-state index is 13.1. The number of aromatic nitrogens is 2. The van der Waals surface area contributed by atoms with E-state index in [4.69, 9.17) is 24.4 Å². The van der Waals surface area contributed by atoms with Crippen molar-refractivity contribution in [3.05, 3.63) is 22.2 Å². The standard InChI is InChI=1S/C29H47F3N6O6S2Si/c1-27(2,3)47(8,9)43-15-22-21(42-17-33)13-23(44-22)38-14-20(24(36-26(38)40)35-18-37(6)7)11-10-12-41-19-45-46-28(4,5)16-34-25(39)29(30,31)32/h14,18,21-23H,12-13,15-17,19,33H2,1-9H3,(H,34,39)/t21?,22-,23-/m1/s1. The number of nitrogens with zero attached hydrogens (tertiary/aromatic N) is 4. The normalized spacial score (nSPS) is 19.1. The molecule has 0 spiro atoms. The number of hydrogen-bond acceptors (Lipinski definition) is 11. The highest BCUT2D eigenvalue weighted by molar-refractivity contribution is 8.77. The van der Waals surface area contributed by atoms with Gasteiger partial charge in [-0.3, -0.25) is 9.36 Å². The SMILES string of the molecule is CN(C)C=Nc1nc(=O)n([C@H]2CC(OCN)[C@@H](CO[Si](C)(C)C(C)(C)C)O2)cc1C#CCOCSSC(C)(C)CNC(=O)C(F)(F)F. The van der Waals surface area contributed by atoms with Crippen molar-refractivity contribution in [1.29, 1.82) is 0 Å². The van der Waals surface area contributed by atoms with Crippen molar-refractivity contribution in [3.8, 4) is 11.8 Å². The zero-order valence-corrected chi connectivity index (χ0v) is 31.0. The Morgan fingerprint density at radius 3 is 2.57 bits per heavy atom. The average molecular weight is 725 g/mol. The van der Waals surface area contributed by atoms with Crippen molar-refractivity contribution >= 4 is 48.0 Å². The molecule has 1 fully saturated rings. The van der Waals surface area contributed by atoms with Gasteiger partial charge in [0.2, 0.25) is 0 Å². The number of ether oxygens (including phenoxy) is 3. The van der Waals surface area contributed by atoms with Crippen LogP contribution in [0.3, 0.4) is 0 Å². The summed E-state index contributed by atoms with van der Waals surface area (Å²) < 4.78 is 62.0. The number of halogens is 3. The summed E-state index contributed by atoms with van der Waals surface area (Å²) in [6, 6.07) is 0. The van der Waals surface area contributed by atoms with Crippen LogP contribution in [-0.4, -0.2) is 105 Å². The molecule has 0 saturated carbocycles. The van der Waals surface area contributed by atoms with Crippen LogP contribution in [0.2, 0.25) is 18.1 Å². The molecular formula is C29H47F3N6O6S2Si. The van der Waals surface area contributed by atoms with Gasteiger partial charge < -0.3 is 34.6 Å². The first-order valence-corrected chi connectivity index (χ1v) is 20.1. The van der Waals surface area contributed by atoms with Gasteiger partial charge in [-0.2, -0.15) is 18.2 Å². The summed E-state index contributed by atoms with van der Waals surface area (Å²) in [6.07, 6.45) is -3.05. The molecule has 1 aliphatic heterocycles. The van der Waals surface area contributed by atoms with E-state index >= 15 is 0 Å². The van der Waals surface area contributed by atoms with Crippen molar-refractivity contribution < 1.29 is 36.6 Å². The van der Waals surface area contributed by atoms with E-state index < -0.39 is 49.3 Å². The van der Waals surface area contributed by atoms with Crippen molar-refractivity contribution in [1.82, 2.24) is 19.8 Å². The van der Waals surface area contributed by atoms with E-state index in [1.807, 2.05) is 5.32 Å². The molecule has 0 aromatic carbocycles. The Balaban J connectivity index is 2.12. The Morgan fingerprint density at radius 2 is 1.98 bits per heavy atom. The molecule has 1 aromatic heterocycles. The van der Waals surface area contributed by atoms with E-state index in [0.29, 0.717) is 18.6 Å². The molecule has 0 radical (unpaired) electrons. The molecule has 1 unspecified atom stereocenters. The maximum Gasteiger partial charge on any atom is 0.471 e. The lowest BCUT2D eigenvalue weighted by molar-refractivity contribution is -0.173. The van der Waals surface area contributed by atoms with E-state index in [-0.39, 0.29) is 36.7 Å². The lowest BCUT2D eigenvalue weighted by atomic mass is 10.2. The fraction of sp³-hybridized carbons (Fsp3) is 0.724. The summed E-state index contributed by atoms with van der Waals surface area (Å²) in [7, 11) is 4.03. The molecule has 1 aromatic rings. The molecule has 266 valence electrons. The number of alkyl halides is 3. The first kappa shape index (κ1) is 41.1. The van der Waals surface area contributed by atoms with Gasteiger partial charge in [-0.1, -0.05) is 54.2 Å². The van der Waals surface area contributed by atoms with Crippen LogP contribution >= 0.6 is 21.6 Å². The second kappa shape index (κ2) is 17.5. The average Bonchev–Trinajstić information content (AvgIpc) is 3.35. The Labute approximate surface area is 283 Å². The van der Waals surface area contributed by atoms with Crippen molar-refractivity contribution in [2.75, 3.05) is 46.5 Å². The van der Waals surface area contributed by atoms with Gasteiger partial charge in [-0.15, -0.1) is 0 Å². The maximum absolute atomic E-state index is 13.1. The van der Waals surface area contributed by atoms with Gasteiger partial charge in [0.15, 0.2) is 14.1 Å². The van der Waals surface area contributed by atoms with Gasteiger partial charge in [0, 0.05) is 38.0 Å². The summed E-state index contributed by atoms with van der Waals surface area (Å²) in [5.41, 5.74) is 5.50.